The monoisotopic (exact) mass is 1120 g/mol. The summed E-state index contributed by atoms with van der Waals surface area (Å²) in [7, 11) is 0. The maximum absolute atomic E-state index is 10.6. The molecule has 0 saturated heterocycles. The summed E-state index contributed by atoms with van der Waals surface area (Å²) in [4.78, 5) is 95.3. The van der Waals surface area contributed by atoms with Gasteiger partial charge in [-0.15, -0.1) is 0 Å². The molecule has 0 aliphatic carbocycles. The number of hydrogen-bond donors (Lipinski definition) is 9. The Morgan fingerprint density at radius 2 is 0.400 bits per heavy atom. The molecule has 3 aromatic carbocycles. The van der Waals surface area contributed by atoms with Gasteiger partial charge in [-0.25, -0.2) is 43.2 Å². The van der Waals surface area contributed by atoms with E-state index < -0.39 is 87.1 Å². The first kappa shape index (κ1) is 77.2. The number of carboxylic acid groups (broad SMARTS) is 9. The summed E-state index contributed by atoms with van der Waals surface area (Å²) < 4.78 is 0. The predicted molar refractivity (Wildman–Crippen MR) is 146 cm³/mol. The van der Waals surface area contributed by atoms with Crippen molar-refractivity contribution in [3.63, 3.8) is 0 Å². The molecule has 0 aliphatic rings. The van der Waals surface area contributed by atoms with E-state index >= 15 is 0 Å². The van der Waals surface area contributed by atoms with Gasteiger partial charge in [0.15, 0.2) is 0 Å². The fraction of sp³-hybridized carbons (Fsp3) is 0. The molecule has 0 aliphatic heterocycles. The van der Waals surface area contributed by atoms with E-state index in [0.29, 0.717) is 0 Å². The smallest absolute Gasteiger partial charge is 0.336 e. The molecule has 0 saturated carbocycles. The molecule has 55 heavy (non-hydrogen) atoms. The standard InChI is InChI=1S/3C9H6O6.9Cr.H2O/c3*10-7(11)4-1-2-5(8(12)13)6(3-4)9(14)15;;;;;;;;;;/h3*1-3H,(H,10,11)(H,12,13)(H,14,15);;;;;;;;;;1H2. The quantitative estimate of drug-likeness (QED) is 0.147. The average Bonchev–Trinajstić information content (AvgIpc) is 2.96. The van der Waals surface area contributed by atoms with Gasteiger partial charge in [0.1, 0.15) is 0 Å². The van der Waals surface area contributed by atoms with Crippen LogP contribution in [0.2, 0.25) is 0 Å². The molecule has 0 bridgehead atoms. The van der Waals surface area contributed by atoms with E-state index in [1.807, 2.05) is 0 Å². The maximum atomic E-state index is 10.6. The second kappa shape index (κ2) is 36.0. The number of aromatic carboxylic acids is 9. The van der Waals surface area contributed by atoms with Crippen LogP contribution in [0.25, 0.3) is 0 Å². The number of carboxylic acids is 9. The van der Waals surface area contributed by atoms with Gasteiger partial charge in [0.25, 0.3) is 0 Å². The van der Waals surface area contributed by atoms with Gasteiger partial charge < -0.3 is 51.4 Å². The van der Waals surface area contributed by atoms with Crippen LogP contribution in [-0.4, -0.2) is 105 Å². The van der Waals surface area contributed by atoms with Crippen molar-refractivity contribution in [3.8, 4) is 0 Å². The summed E-state index contributed by atoms with van der Waals surface area (Å²) in [5.41, 5.74) is -3.73. The number of rotatable bonds is 9. The Labute approximate surface area is 405 Å². The summed E-state index contributed by atoms with van der Waals surface area (Å²) in [6.07, 6.45) is 0. The zero-order valence-electron chi connectivity index (χ0n) is 26.1. The van der Waals surface area contributed by atoms with Crippen LogP contribution in [-0.2, 0) is 156 Å². The van der Waals surface area contributed by atoms with E-state index in [-0.39, 0.29) is 178 Å². The van der Waals surface area contributed by atoms with Crippen LogP contribution in [0.4, 0.5) is 0 Å². The number of benzene rings is 3. The van der Waals surface area contributed by atoms with Gasteiger partial charge in [-0.1, -0.05) is 0 Å². The fourth-order valence-corrected chi connectivity index (χ4v) is 3.12. The van der Waals surface area contributed by atoms with Crippen molar-refractivity contribution >= 4 is 53.7 Å². The molecular weight excluding hydrogens is 1100 g/mol. The third-order valence-corrected chi connectivity index (χ3v) is 5.18. The van der Waals surface area contributed by atoms with Crippen molar-refractivity contribution in [2.45, 2.75) is 0 Å². The minimum Gasteiger partial charge on any atom is -0.478 e. The van der Waals surface area contributed by atoms with Crippen LogP contribution in [0.15, 0.2) is 54.6 Å². The molecule has 0 unspecified atom stereocenters. The van der Waals surface area contributed by atoms with Crippen LogP contribution >= 0.6 is 0 Å². The van der Waals surface area contributed by atoms with Crippen LogP contribution < -0.4 is 0 Å². The summed E-state index contributed by atoms with van der Waals surface area (Å²) >= 11 is 0. The topological polar surface area (TPSA) is 367 Å². The molecule has 0 fully saturated rings. The van der Waals surface area contributed by atoms with E-state index in [4.69, 9.17) is 46.0 Å². The first-order valence-electron chi connectivity index (χ1n) is 11.3. The molecule has 19 nitrogen and oxygen atoms in total. The summed E-state index contributed by atoms with van der Waals surface area (Å²) in [6, 6.07) is 8.42. The molecule has 11 N–H and O–H groups in total. The van der Waals surface area contributed by atoms with Crippen LogP contribution in [0.3, 0.4) is 0 Å². The Kier molecular flexibility index (Phi) is 50.6. The van der Waals surface area contributed by atoms with Crippen LogP contribution in [0, 0.1) is 0 Å². The van der Waals surface area contributed by atoms with Gasteiger partial charge >= 0.3 is 53.7 Å². The Balaban J connectivity index is -0.0000000633. The normalized spacial score (nSPS) is 7.85. The van der Waals surface area contributed by atoms with Gasteiger partial charge in [0.2, 0.25) is 0 Å². The van der Waals surface area contributed by atoms with E-state index in [1.54, 1.807) is 0 Å². The fourth-order valence-electron chi connectivity index (χ4n) is 3.12. The third-order valence-electron chi connectivity index (χ3n) is 5.18. The first-order chi connectivity index (χ1) is 20.8. The van der Waals surface area contributed by atoms with Gasteiger partial charge in [0, 0.05) is 156 Å². The Bertz CT molecular complexity index is 1580. The van der Waals surface area contributed by atoms with Crippen molar-refractivity contribution in [1.82, 2.24) is 0 Å². The van der Waals surface area contributed by atoms with Crippen molar-refractivity contribution in [3.05, 3.63) is 105 Å². The number of hydrogen-bond acceptors (Lipinski definition) is 9. The van der Waals surface area contributed by atoms with Gasteiger partial charge in [-0.2, -0.15) is 0 Å². The number of carbonyl (C=O) groups is 9. The molecule has 3 rings (SSSR count). The van der Waals surface area contributed by atoms with Crippen molar-refractivity contribution in [2.75, 3.05) is 0 Å². The first-order valence-corrected chi connectivity index (χ1v) is 11.3. The Morgan fingerprint density at radius 3 is 0.509 bits per heavy atom. The van der Waals surface area contributed by atoms with E-state index in [9.17, 15) is 43.2 Å². The minimum atomic E-state index is -1.48. The average molecular weight is 1120 g/mol. The molecular formula is C27H20Cr9O19. The molecule has 296 valence electrons. The second-order valence-electron chi connectivity index (χ2n) is 8.03. The Hall–Kier alpha value is -2.36. The van der Waals surface area contributed by atoms with Crippen molar-refractivity contribution < 1.29 is 251 Å². The van der Waals surface area contributed by atoms with Crippen LogP contribution in [0.1, 0.15) is 93.2 Å². The molecule has 0 radical (unpaired) electrons. The SMILES string of the molecule is O.O=C(O)c1ccc(C(=O)O)c(C(=O)O)c1.O=C(O)c1ccc(C(=O)O)c(C(=O)O)c1.O=C(O)c1ccc(C(=O)O)c(C(=O)O)c1.[Cr].[Cr].[Cr].[Cr].[Cr].[Cr].[Cr].[Cr].[Cr]. The molecule has 0 spiro atoms. The van der Waals surface area contributed by atoms with Gasteiger partial charge in [-0.3, -0.25) is 0 Å². The summed E-state index contributed by atoms with van der Waals surface area (Å²) in [5.74, 6) is -12.6. The molecule has 0 heterocycles. The Morgan fingerprint density at radius 1 is 0.255 bits per heavy atom. The van der Waals surface area contributed by atoms with Crippen molar-refractivity contribution in [1.29, 1.82) is 0 Å². The van der Waals surface area contributed by atoms with Crippen LogP contribution in [0.5, 0.6) is 0 Å². The third kappa shape index (κ3) is 24.1. The predicted octanol–water partition coefficient (Wildman–Crippen LogP) is 1.50. The van der Waals surface area contributed by atoms with E-state index in [2.05, 4.69) is 0 Å². The van der Waals surface area contributed by atoms with Gasteiger partial charge in [0.05, 0.1) is 50.1 Å². The molecule has 28 heteroatoms. The second-order valence-corrected chi connectivity index (χ2v) is 8.03. The van der Waals surface area contributed by atoms with Crippen molar-refractivity contribution in [2.24, 2.45) is 0 Å². The van der Waals surface area contributed by atoms with Gasteiger partial charge in [-0.05, 0) is 54.6 Å². The molecule has 0 atom stereocenters. The van der Waals surface area contributed by atoms with E-state index in [0.717, 1.165) is 54.6 Å². The summed E-state index contributed by atoms with van der Waals surface area (Å²) in [5, 5.41) is 77.6. The zero-order chi connectivity index (χ0) is 34.8. The summed E-state index contributed by atoms with van der Waals surface area (Å²) in [6.45, 7) is 0. The molecule has 3 aromatic rings. The maximum Gasteiger partial charge on any atom is 0.336 e. The largest absolute Gasteiger partial charge is 0.478 e. The minimum absolute atomic E-state index is 0. The molecule has 0 aromatic heterocycles. The zero-order valence-corrected chi connectivity index (χ0v) is 37.5. The molecule has 0 amide bonds. The van der Waals surface area contributed by atoms with E-state index in [1.165, 1.54) is 0 Å².